The van der Waals surface area contributed by atoms with Gasteiger partial charge in [0.2, 0.25) is 11.8 Å². The maximum atomic E-state index is 13.2. The summed E-state index contributed by atoms with van der Waals surface area (Å²) in [7, 11) is 0. The highest BCUT2D eigenvalue weighted by atomic mass is 16.4. The van der Waals surface area contributed by atoms with Crippen molar-refractivity contribution in [3.8, 4) is 33.6 Å². The Balaban J connectivity index is 1.11. The number of imidazole rings is 2. The zero-order chi connectivity index (χ0) is 36.8. The van der Waals surface area contributed by atoms with Crippen LogP contribution in [0, 0.1) is 0 Å². The molecule has 6 rings (SSSR count). The molecule has 6 N–H and O–H groups in total. The molecular formula is C38H42N8O6. The second-order valence-corrected chi connectivity index (χ2v) is 13.0. The molecule has 2 aromatic carbocycles. The summed E-state index contributed by atoms with van der Waals surface area (Å²) in [5.41, 5.74) is 5.55. The summed E-state index contributed by atoms with van der Waals surface area (Å²) in [6, 6.07) is 13.8. The second-order valence-electron chi connectivity index (χ2n) is 13.0. The van der Waals surface area contributed by atoms with Crippen LogP contribution in [0.3, 0.4) is 0 Å². The molecule has 270 valence electrons. The van der Waals surface area contributed by atoms with Crippen molar-refractivity contribution in [2.45, 2.75) is 62.7 Å². The lowest BCUT2D eigenvalue weighted by molar-refractivity contribution is -0.135. The van der Waals surface area contributed by atoms with Crippen LogP contribution in [0.1, 0.15) is 62.3 Å². The van der Waals surface area contributed by atoms with Crippen molar-refractivity contribution < 1.29 is 29.4 Å². The number of H-pyrrole nitrogens is 2. The minimum Gasteiger partial charge on any atom is -0.465 e. The maximum Gasteiger partial charge on any atom is 0.405 e. The van der Waals surface area contributed by atoms with Crippen molar-refractivity contribution in [1.29, 1.82) is 0 Å². The first kappa shape index (κ1) is 35.6. The number of aromatic amines is 2. The second kappa shape index (κ2) is 15.8. The van der Waals surface area contributed by atoms with Crippen LogP contribution in [0.5, 0.6) is 0 Å². The minimum absolute atomic E-state index is 0.202. The van der Waals surface area contributed by atoms with Crippen molar-refractivity contribution in [3.05, 3.63) is 97.9 Å². The molecule has 0 bridgehead atoms. The largest absolute Gasteiger partial charge is 0.465 e. The van der Waals surface area contributed by atoms with E-state index >= 15 is 0 Å². The molecule has 52 heavy (non-hydrogen) atoms. The van der Waals surface area contributed by atoms with Gasteiger partial charge < -0.3 is 40.6 Å². The predicted molar refractivity (Wildman–Crippen MR) is 194 cm³/mol. The lowest BCUT2D eigenvalue weighted by Gasteiger charge is -2.27. The van der Waals surface area contributed by atoms with Crippen LogP contribution in [-0.2, 0) is 9.59 Å². The molecule has 0 aliphatic carbocycles. The Labute approximate surface area is 300 Å². The number of hydrogen-bond donors (Lipinski definition) is 6. The SMILES string of the molecule is C=CC[C@H](NC(=O)O)C(=O)N1CCC[C@H]1c1ncc(-c2ccc(-c3ccc(-c4cnc([C@@H]5CCCN5C(=O)[C@H](CC=C)NC(=O)O)[nH]4)cc3)cc2)[nH]1. The van der Waals surface area contributed by atoms with Gasteiger partial charge in [0.1, 0.15) is 23.7 Å². The van der Waals surface area contributed by atoms with Gasteiger partial charge in [-0.25, -0.2) is 19.6 Å². The van der Waals surface area contributed by atoms with Crippen molar-refractivity contribution in [2.24, 2.45) is 0 Å². The van der Waals surface area contributed by atoms with Crippen molar-refractivity contribution >= 4 is 24.0 Å². The third-order valence-corrected chi connectivity index (χ3v) is 9.62. The van der Waals surface area contributed by atoms with Crippen LogP contribution in [0.15, 0.2) is 86.2 Å². The molecule has 2 aliphatic heterocycles. The van der Waals surface area contributed by atoms with E-state index in [1.54, 1.807) is 22.2 Å². The molecule has 2 saturated heterocycles. The predicted octanol–water partition coefficient (Wildman–Crippen LogP) is 5.89. The van der Waals surface area contributed by atoms with E-state index in [-0.39, 0.29) is 36.7 Å². The summed E-state index contributed by atoms with van der Waals surface area (Å²) in [5, 5.41) is 23.0. The van der Waals surface area contributed by atoms with Crippen LogP contribution in [-0.4, -0.2) is 89.1 Å². The van der Waals surface area contributed by atoms with E-state index in [0.29, 0.717) is 24.7 Å². The molecule has 4 atom stereocenters. The van der Waals surface area contributed by atoms with Gasteiger partial charge in [0.15, 0.2) is 0 Å². The molecule has 0 unspecified atom stereocenters. The Hall–Kier alpha value is -6.18. The van der Waals surface area contributed by atoms with E-state index in [2.05, 4.69) is 43.7 Å². The van der Waals surface area contributed by atoms with Crippen LogP contribution < -0.4 is 10.6 Å². The quantitative estimate of drug-likeness (QED) is 0.0926. The van der Waals surface area contributed by atoms with Crippen molar-refractivity contribution in [3.63, 3.8) is 0 Å². The highest BCUT2D eigenvalue weighted by Gasteiger charge is 2.37. The number of amides is 4. The van der Waals surface area contributed by atoms with Gasteiger partial charge in [0.05, 0.1) is 35.9 Å². The molecule has 14 heteroatoms. The number of rotatable bonds is 13. The average molecular weight is 707 g/mol. The summed E-state index contributed by atoms with van der Waals surface area (Å²) >= 11 is 0. The average Bonchev–Trinajstić information content (AvgIpc) is 3.97. The fraction of sp³-hybridized carbons (Fsp3) is 0.316. The number of benzene rings is 2. The monoisotopic (exact) mass is 706 g/mol. The molecule has 2 aliphatic rings. The van der Waals surface area contributed by atoms with Gasteiger partial charge in [-0.2, -0.15) is 0 Å². The summed E-state index contributed by atoms with van der Waals surface area (Å²) in [4.78, 5) is 68.3. The van der Waals surface area contributed by atoms with Gasteiger partial charge in [-0.1, -0.05) is 60.7 Å². The van der Waals surface area contributed by atoms with Gasteiger partial charge >= 0.3 is 12.2 Å². The standard InChI is InChI=1S/C38H42N8O6/c1-3-7-27(43-37(49)50)35(47)45-19-5-9-31(45)33-39-21-29(41-33)25-15-11-23(12-16-25)24-13-17-26(18-14-24)30-22-40-34(42-30)32-10-6-20-46(32)36(48)28(8-4-2)44-38(51)52/h3-4,11-18,21-22,27-28,31-32,43-44H,1-2,5-10,19-20H2,(H,39,41)(H,40,42)(H,49,50)(H,51,52)/t27-,28-,31-,32-/m0/s1. The van der Waals surface area contributed by atoms with Crippen LogP contribution in [0.25, 0.3) is 33.6 Å². The van der Waals surface area contributed by atoms with Crippen molar-refractivity contribution in [2.75, 3.05) is 13.1 Å². The molecule has 0 saturated carbocycles. The summed E-state index contributed by atoms with van der Waals surface area (Å²) in [6.45, 7) is 8.35. The Morgan fingerprint density at radius 3 is 1.40 bits per heavy atom. The lowest BCUT2D eigenvalue weighted by Crippen LogP contribution is -2.47. The highest BCUT2D eigenvalue weighted by Crippen LogP contribution is 2.34. The summed E-state index contributed by atoms with van der Waals surface area (Å²) in [6.07, 6.45) is 7.51. The molecule has 0 radical (unpaired) electrons. The number of likely N-dealkylation sites (tertiary alicyclic amines) is 2. The number of carbonyl (C=O) groups excluding carboxylic acids is 2. The zero-order valence-electron chi connectivity index (χ0n) is 28.6. The van der Waals surface area contributed by atoms with Gasteiger partial charge in [0, 0.05) is 13.1 Å². The maximum absolute atomic E-state index is 13.2. The fourth-order valence-electron chi connectivity index (χ4n) is 7.09. The number of nitrogens with one attached hydrogen (secondary N) is 4. The first-order valence-corrected chi connectivity index (χ1v) is 17.3. The number of carbonyl (C=O) groups is 4. The Kier molecular flexibility index (Phi) is 10.8. The minimum atomic E-state index is -1.25. The Bertz CT molecular complexity index is 1790. The van der Waals surface area contributed by atoms with Gasteiger partial charge in [-0.05, 0) is 60.8 Å². The third kappa shape index (κ3) is 7.75. The van der Waals surface area contributed by atoms with Gasteiger partial charge in [-0.3, -0.25) is 9.59 Å². The molecule has 4 heterocycles. The van der Waals surface area contributed by atoms with Gasteiger partial charge in [-0.15, -0.1) is 13.2 Å². The molecule has 14 nitrogen and oxygen atoms in total. The Morgan fingerprint density at radius 1 is 0.692 bits per heavy atom. The van der Waals surface area contributed by atoms with Crippen LogP contribution in [0.4, 0.5) is 9.59 Å². The highest BCUT2D eigenvalue weighted by molar-refractivity contribution is 5.87. The van der Waals surface area contributed by atoms with Crippen LogP contribution >= 0.6 is 0 Å². The van der Waals surface area contributed by atoms with Gasteiger partial charge in [0.25, 0.3) is 0 Å². The number of hydrogen-bond acceptors (Lipinski definition) is 6. The Morgan fingerprint density at radius 2 is 1.06 bits per heavy atom. The molecular weight excluding hydrogens is 664 g/mol. The smallest absolute Gasteiger partial charge is 0.405 e. The lowest BCUT2D eigenvalue weighted by atomic mass is 10.0. The molecule has 4 aromatic rings. The van der Waals surface area contributed by atoms with E-state index in [1.165, 1.54) is 12.2 Å². The summed E-state index contributed by atoms with van der Waals surface area (Å²) in [5.74, 6) is 0.746. The molecule has 0 spiro atoms. The normalized spacial score (nSPS) is 18.1. The molecule has 2 aromatic heterocycles. The summed E-state index contributed by atoms with van der Waals surface area (Å²) < 4.78 is 0. The van der Waals surface area contributed by atoms with E-state index in [1.807, 2.05) is 48.5 Å². The first-order chi connectivity index (χ1) is 25.2. The molecule has 2 fully saturated rings. The number of aromatic nitrogens is 4. The van der Waals surface area contributed by atoms with E-state index in [9.17, 15) is 29.4 Å². The number of nitrogens with zero attached hydrogens (tertiary/aromatic N) is 4. The van der Waals surface area contributed by atoms with Crippen molar-refractivity contribution in [1.82, 2.24) is 40.4 Å². The zero-order valence-corrected chi connectivity index (χ0v) is 28.6. The van der Waals surface area contributed by atoms with E-state index in [4.69, 9.17) is 0 Å². The fourth-order valence-corrected chi connectivity index (χ4v) is 7.09. The van der Waals surface area contributed by atoms with E-state index < -0.39 is 24.3 Å². The van der Waals surface area contributed by atoms with E-state index in [0.717, 1.165) is 59.3 Å². The molecule has 4 amide bonds. The number of carboxylic acid groups (broad SMARTS) is 2. The topological polar surface area (TPSA) is 197 Å². The first-order valence-electron chi connectivity index (χ1n) is 17.3. The third-order valence-electron chi connectivity index (χ3n) is 9.62. The van der Waals surface area contributed by atoms with Crippen LogP contribution in [0.2, 0.25) is 0 Å².